The zero-order valence-corrected chi connectivity index (χ0v) is 13.7. The second kappa shape index (κ2) is 5.83. The predicted molar refractivity (Wildman–Crippen MR) is 93.5 cm³/mol. The van der Waals surface area contributed by atoms with E-state index in [4.69, 9.17) is 0 Å². The molecule has 0 amide bonds. The monoisotopic (exact) mass is 340 g/mol. The van der Waals surface area contributed by atoms with E-state index >= 15 is 0 Å². The topological polar surface area (TPSA) is 84.8 Å². The van der Waals surface area contributed by atoms with Crippen molar-refractivity contribution in [2.24, 2.45) is 0 Å². The Labute approximate surface area is 139 Å². The van der Waals surface area contributed by atoms with Crippen LogP contribution in [0.4, 0.5) is 5.82 Å². The molecule has 7 heteroatoms. The number of aromatic nitrogens is 3. The lowest BCUT2D eigenvalue weighted by molar-refractivity contribution is 0.602. The summed E-state index contributed by atoms with van der Waals surface area (Å²) in [5.41, 5.74) is 1.69. The number of benzene rings is 1. The molecule has 24 heavy (non-hydrogen) atoms. The molecule has 0 saturated carbocycles. The molecular formula is C17H16N4O2S. The Balaban J connectivity index is 1.78. The van der Waals surface area contributed by atoms with Gasteiger partial charge in [-0.2, -0.15) is 0 Å². The third-order valence-electron chi connectivity index (χ3n) is 4.12. The summed E-state index contributed by atoms with van der Waals surface area (Å²) in [6, 6.07) is 11.3. The van der Waals surface area contributed by atoms with Crippen LogP contribution in [0.25, 0.3) is 22.3 Å². The van der Waals surface area contributed by atoms with Crippen LogP contribution in [0.15, 0.2) is 48.8 Å². The van der Waals surface area contributed by atoms with Gasteiger partial charge >= 0.3 is 0 Å². The lowest BCUT2D eigenvalue weighted by Crippen LogP contribution is -2.21. The van der Waals surface area contributed by atoms with Gasteiger partial charge in [0.2, 0.25) is 0 Å². The first-order chi connectivity index (χ1) is 11.6. The Morgan fingerprint density at radius 3 is 2.58 bits per heavy atom. The van der Waals surface area contributed by atoms with Crippen LogP contribution in [0.5, 0.6) is 0 Å². The summed E-state index contributed by atoms with van der Waals surface area (Å²) in [6.45, 7) is 0. The molecule has 0 aliphatic carbocycles. The van der Waals surface area contributed by atoms with Gasteiger partial charge in [-0.15, -0.1) is 0 Å². The van der Waals surface area contributed by atoms with Crippen molar-refractivity contribution >= 4 is 26.6 Å². The number of sulfone groups is 1. The lowest BCUT2D eigenvalue weighted by Gasteiger charge is -2.15. The number of hydrogen-bond acceptors (Lipinski definition) is 6. The van der Waals surface area contributed by atoms with E-state index in [1.807, 2.05) is 36.4 Å². The number of anilines is 1. The maximum atomic E-state index is 11.7. The van der Waals surface area contributed by atoms with E-state index in [1.165, 1.54) is 0 Å². The Morgan fingerprint density at radius 2 is 1.83 bits per heavy atom. The van der Waals surface area contributed by atoms with Gasteiger partial charge in [0.1, 0.15) is 5.82 Å². The van der Waals surface area contributed by atoms with Gasteiger partial charge in [-0.1, -0.05) is 12.1 Å². The first-order valence-corrected chi connectivity index (χ1v) is 9.57. The third-order valence-corrected chi connectivity index (χ3v) is 5.88. The molecule has 1 aliphatic heterocycles. The van der Waals surface area contributed by atoms with E-state index in [0.717, 1.165) is 16.5 Å². The van der Waals surface area contributed by atoms with Crippen molar-refractivity contribution in [3.63, 3.8) is 0 Å². The Morgan fingerprint density at radius 1 is 1.04 bits per heavy atom. The molecule has 4 rings (SSSR count). The molecule has 122 valence electrons. The molecule has 1 aliphatic rings. The first-order valence-electron chi connectivity index (χ1n) is 7.75. The summed E-state index contributed by atoms with van der Waals surface area (Å²) >= 11 is 0. The average molecular weight is 340 g/mol. The number of para-hydroxylation sites is 1. The van der Waals surface area contributed by atoms with E-state index in [1.54, 1.807) is 12.4 Å². The normalized spacial score (nSPS) is 19.4. The highest BCUT2D eigenvalue weighted by Gasteiger charge is 2.28. The number of nitrogens with one attached hydrogen (secondary N) is 1. The number of hydrogen-bond donors (Lipinski definition) is 1. The van der Waals surface area contributed by atoms with Gasteiger partial charge in [0.15, 0.2) is 15.7 Å². The molecule has 1 atom stereocenters. The minimum absolute atomic E-state index is 0.112. The fourth-order valence-electron chi connectivity index (χ4n) is 2.92. The van der Waals surface area contributed by atoms with E-state index in [2.05, 4.69) is 20.3 Å². The maximum Gasteiger partial charge on any atom is 0.162 e. The number of fused-ring (bicyclic) bond motifs is 1. The SMILES string of the molecule is O=S1(=O)CC[C@H](Nc2nc(-c3ccncc3)nc3ccccc23)C1. The Kier molecular flexibility index (Phi) is 3.65. The van der Waals surface area contributed by atoms with Gasteiger partial charge in [-0.3, -0.25) is 4.98 Å². The van der Waals surface area contributed by atoms with E-state index in [-0.39, 0.29) is 17.5 Å². The molecule has 1 N–H and O–H groups in total. The van der Waals surface area contributed by atoms with Crippen LogP contribution >= 0.6 is 0 Å². The van der Waals surface area contributed by atoms with Crippen molar-refractivity contribution < 1.29 is 8.42 Å². The van der Waals surface area contributed by atoms with Gasteiger partial charge < -0.3 is 5.32 Å². The van der Waals surface area contributed by atoms with E-state index in [0.29, 0.717) is 18.1 Å². The highest BCUT2D eigenvalue weighted by molar-refractivity contribution is 7.91. The summed E-state index contributed by atoms with van der Waals surface area (Å²) in [5.74, 6) is 1.65. The lowest BCUT2D eigenvalue weighted by atomic mass is 10.2. The third kappa shape index (κ3) is 2.94. The summed E-state index contributed by atoms with van der Waals surface area (Å²) in [6.07, 6.45) is 4.00. The number of nitrogens with zero attached hydrogens (tertiary/aromatic N) is 3. The molecule has 3 heterocycles. The smallest absolute Gasteiger partial charge is 0.162 e. The van der Waals surface area contributed by atoms with Crippen LogP contribution in [0.2, 0.25) is 0 Å². The van der Waals surface area contributed by atoms with Crippen molar-refractivity contribution in [3.05, 3.63) is 48.8 Å². The van der Waals surface area contributed by atoms with E-state index in [9.17, 15) is 8.42 Å². The molecule has 6 nitrogen and oxygen atoms in total. The number of pyridine rings is 1. The summed E-state index contributed by atoms with van der Waals surface area (Å²) in [4.78, 5) is 13.3. The molecule has 2 aromatic heterocycles. The summed E-state index contributed by atoms with van der Waals surface area (Å²) in [5, 5.41) is 4.19. The largest absolute Gasteiger partial charge is 0.366 e. The van der Waals surface area contributed by atoms with Crippen LogP contribution in [0.3, 0.4) is 0 Å². The Bertz CT molecular complexity index is 990. The zero-order chi connectivity index (χ0) is 16.6. The van der Waals surface area contributed by atoms with Crippen LogP contribution in [0.1, 0.15) is 6.42 Å². The quantitative estimate of drug-likeness (QED) is 0.787. The van der Waals surface area contributed by atoms with Crippen LogP contribution in [0, 0.1) is 0 Å². The summed E-state index contributed by atoms with van der Waals surface area (Å²) < 4.78 is 23.4. The minimum atomic E-state index is -2.95. The van der Waals surface area contributed by atoms with E-state index < -0.39 is 9.84 Å². The minimum Gasteiger partial charge on any atom is -0.366 e. The zero-order valence-electron chi connectivity index (χ0n) is 12.9. The molecule has 1 fully saturated rings. The van der Waals surface area contributed by atoms with Crippen molar-refractivity contribution in [2.75, 3.05) is 16.8 Å². The van der Waals surface area contributed by atoms with Crippen molar-refractivity contribution in [1.29, 1.82) is 0 Å². The van der Waals surface area contributed by atoms with Gasteiger partial charge in [0, 0.05) is 29.4 Å². The predicted octanol–water partition coefficient (Wildman–Crippen LogP) is 2.29. The van der Waals surface area contributed by atoms with Crippen molar-refractivity contribution in [3.8, 4) is 11.4 Å². The summed E-state index contributed by atoms with van der Waals surface area (Å²) in [7, 11) is -2.95. The molecule has 0 spiro atoms. The molecule has 0 radical (unpaired) electrons. The molecule has 0 unspecified atom stereocenters. The molecule has 3 aromatic rings. The van der Waals surface area contributed by atoms with Gasteiger partial charge in [0.05, 0.1) is 17.0 Å². The first kappa shape index (κ1) is 15.0. The average Bonchev–Trinajstić information content (AvgIpc) is 2.94. The Hall–Kier alpha value is -2.54. The fraction of sp³-hybridized carbons (Fsp3) is 0.235. The highest BCUT2D eigenvalue weighted by atomic mass is 32.2. The van der Waals surface area contributed by atoms with Crippen LogP contribution in [-0.4, -0.2) is 40.9 Å². The molecular weight excluding hydrogens is 324 g/mol. The van der Waals surface area contributed by atoms with Crippen LogP contribution < -0.4 is 5.32 Å². The van der Waals surface area contributed by atoms with Crippen molar-refractivity contribution in [2.45, 2.75) is 12.5 Å². The van der Waals surface area contributed by atoms with Gasteiger partial charge in [-0.05, 0) is 30.7 Å². The molecule has 0 bridgehead atoms. The second-order valence-electron chi connectivity index (χ2n) is 5.89. The van der Waals surface area contributed by atoms with Crippen LogP contribution in [-0.2, 0) is 9.84 Å². The fourth-order valence-corrected chi connectivity index (χ4v) is 4.59. The second-order valence-corrected chi connectivity index (χ2v) is 8.12. The van der Waals surface area contributed by atoms with Gasteiger partial charge in [0.25, 0.3) is 0 Å². The standard InChI is InChI=1S/C17H16N4O2S/c22-24(23)10-7-13(11-24)19-17-14-3-1-2-4-15(14)20-16(21-17)12-5-8-18-9-6-12/h1-6,8-9,13H,7,10-11H2,(H,19,20,21)/t13-/m0/s1. The van der Waals surface area contributed by atoms with Crippen molar-refractivity contribution in [1.82, 2.24) is 15.0 Å². The molecule has 1 saturated heterocycles. The van der Waals surface area contributed by atoms with Gasteiger partial charge in [-0.25, -0.2) is 18.4 Å². The number of rotatable bonds is 3. The maximum absolute atomic E-state index is 11.7. The highest BCUT2D eigenvalue weighted by Crippen LogP contribution is 2.26. The molecule has 1 aromatic carbocycles.